The van der Waals surface area contributed by atoms with Crippen molar-refractivity contribution in [2.24, 2.45) is 0 Å². The van der Waals surface area contributed by atoms with Gasteiger partial charge in [-0.15, -0.1) is 0 Å². The molecule has 0 fully saturated rings. The molecule has 0 unspecified atom stereocenters. The Hall–Kier alpha value is -0.800. The standard InChI is InChI=1S/C9H5BrClNO/c10-7-8(12-13-9(7)11)6-4-2-1-3-5-6/h1-5H. The predicted octanol–water partition coefficient (Wildman–Crippen LogP) is 3.76. The number of rotatable bonds is 1. The van der Waals surface area contributed by atoms with Gasteiger partial charge in [0.1, 0.15) is 10.2 Å². The molecule has 0 aliphatic carbocycles. The van der Waals surface area contributed by atoms with Gasteiger partial charge in [0.05, 0.1) is 0 Å². The molecule has 0 radical (unpaired) electrons. The van der Waals surface area contributed by atoms with Crippen LogP contribution in [0.2, 0.25) is 5.22 Å². The lowest BCUT2D eigenvalue weighted by Gasteiger charge is -1.93. The molecule has 2 rings (SSSR count). The number of nitrogens with zero attached hydrogens (tertiary/aromatic N) is 1. The van der Waals surface area contributed by atoms with Crippen LogP contribution in [0.3, 0.4) is 0 Å². The predicted molar refractivity (Wildman–Crippen MR) is 54.6 cm³/mol. The molecule has 1 aromatic heterocycles. The highest BCUT2D eigenvalue weighted by Gasteiger charge is 2.12. The average Bonchev–Trinajstić information content (AvgIpc) is 2.49. The van der Waals surface area contributed by atoms with Crippen molar-refractivity contribution in [1.82, 2.24) is 5.16 Å². The summed E-state index contributed by atoms with van der Waals surface area (Å²) in [5, 5.41) is 4.11. The van der Waals surface area contributed by atoms with E-state index in [-0.39, 0.29) is 5.22 Å². The molecule has 4 heteroatoms. The Balaban J connectivity index is 2.53. The molecule has 1 heterocycles. The summed E-state index contributed by atoms with van der Waals surface area (Å²) in [6.07, 6.45) is 0. The maximum atomic E-state index is 5.70. The minimum Gasteiger partial charge on any atom is -0.343 e. The van der Waals surface area contributed by atoms with Crippen molar-refractivity contribution in [3.8, 4) is 11.3 Å². The summed E-state index contributed by atoms with van der Waals surface area (Å²) in [4.78, 5) is 0. The van der Waals surface area contributed by atoms with Crippen LogP contribution in [0.5, 0.6) is 0 Å². The Kier molecular flexibility index (Phi) is 2.38. The van der Waals surface area contributed by atoms with Crippen LogP contribution in [-0.2, 0) is 0 Å². The van der Waals surface area contributed by atoms with Crippen LogP contribution < -0.4 is 0 Å². The van der Waals surface area contributed by atoms with E-state index in [1.807, 2.05) is 30.3 Å². The average molecular weight is 259 g/mol. The number of benzene rings is 1. The first-order valence-corrected chi connectivity index (χ1v) is 4.82. The Morgan fingerprint density at radius 1 is 1.23 bits per heavy atom. The fourth-order valence-electron chi connectivity index (χ4n) is 1.03. The second-order valence-corrected chi connectivity index (χ2v) is 3.62. The van der Waals surface area contributed by atoms with E-state index < -0.39 is 0 Å². The van der Waals surface area contributed by atoms with E-state index in [2.05, 4.69) is 21.1 Å². The van der Waals surface area contributed by atoms with Crippen LogP contribution >= 0.6 is 27.5 Å². The molecule has 1 aromatic carbocycles. The van der Waals surface area contributed by atoms with Gasteiger partial charge in [-0.05, 0) is 27.5 Å². The molecule has 0 aliphatic heterocycles. The molecule has 0 bridgehead atoms. The molecule has 0 saturated heterocycles. The highest BCUT2D eigenvalue weighted by Crippen LogP contribution is 2.32. The minimum absolute atomic E-state index is 0.277. The van der Waals surface area contributed by atoms with E-state index in [9.17, 15) is 0 Å². The first-order chi connectivity index (χ1) is 6.29. The van der Waals surface area contributed by atoms with Gasteiger partial charge in [0.15, 0.2) is 0 Å². The van der Waals surface area contributed by atoms with E-state index in [0.717, 1.165) is 11.3 Å². The molecule has 13 heavy (non-hydrogen) atoms. The van der Waals surface area contributed by atoms with Crippen LogP contribution in [0, 0.1) is 0 Å². The third-order valence-corrected chi connectivity index (χ3v) is 2.87. The minimum atomic E-state index is 0.277. The molecule has 2 aromatic rings. The molecule has 2 nitrogen and oxygen atoms in total. The van der Waals surface area contributed by atoms with E-state index >= 15 is 0 Å². The van der Waals surface area contributed by atoms with Gasteiger partial charge in [-0.2, -0.15) is 0 Å². The van der Waals surface area contributed by atoms with Gasteiger partial charge in [0.2, 0.25) is 5.22 Å². The van der Waals surface area contributed by atoms with Crippen LogP contribution in [0.15, 0.2) is 39.3 Å². The van der Waals surface area contributed by atoms with Crippen molar-refractivity contribution in [1.29, 1.82) is 0 Å². The third-order valence-electron chi connectivity index (χ3n) is 1.64. The fourth-order valence-corrected chi connectivity index (χ4v) is 1.53. The summed E-state index contributed by atoms with van der Waals surface area (Å²) in [5.74, 6) is 0. The van der Waals surface area contributed by atoms with Gasteiger partial charge in [0.25, 0.3) is 0 Å². The molecule has 0 saturated carbocycles. The van der Waals surface area contributed by atoms with E-state index in [1.54, 1.807) is 0 Å². The van der Waals surface area contributed by atoms with Crippen LogP contribution in [0.4, 0.5) is 0 Å². The molecular formula is C9H5BrClNO. The highest BCUT2D eigenvalue weighted by molar-refractivity contribution is 9.10. The lowest BCUT2D eigenvalue weighted by molar-refractivity contribution is 0.423. The summed E-state index contributed by atoms with van der Waals surface area (Å²) in [6, 6.07) is 9.70. The monoisotopic (exact) mass is 257 g/mol. The first-order valence-electron chi connectivity index (χ1n) is 3.65. The van der Waals surface area contributed by atoms with Gasteiger partial charge in [-0.3, -0.25) is 0 Å². The summed E-state index contributed by atoms with van der Waals surface area (Å²) in [6.45, 7) is 0. The molecule has 0 amide bonds. The number of aromatic nitrogens is 1. The van der Waals surface area contributed by atoms with Crippen LogP contribution in [-0.4, -0.2) is 5.16 Å². The van der Waals surface area contributed by atoms with Gasteiger partial charge in [-0.25, -0.2) is 0 Å². The smallest absolute Gasteiger partial charge is 0.240 e. The van der Waals surface area contributed by atoms with Crippen molar-refractivity contribution < 1.29 is 4.52 Å². The lowest BCUT2D eigenvalue weighted by atomic mass is 10.2. The van der Waals surface area contributed by atoms with Crippen molar-refractivity contribution in [3.05, 3.63) is 40.0 Å². The quantitative estimate of drug-likeness (QED) is 0.778. The zero-order valence-electron chi connectivity index (χ0n) is 6.50. The van der Waals surface area contributed by atoms with E-state index in [1.165, 1.54) is 0 Å². The Bertz CT molecular complexity index is 413. The Labute approximate surface area is 88.6 Å². The second kappa shape index (κ2) is 3.52. The second-order valence-electron chi connectivity index (χ2n) is 2.48. The molecule has 0 aliphatic rings. The van der Waals surface area contributed by atoms with Gasteiger partial charge >= 0.3 is 0 Å². The highest BCUT2D eigenvalue weighted by atomic mass is 79.9. The Morgan fingerprint density at radius 2 is 1.92 bits per heavy atom. The van der Waals surface area contributed by atoms with Crippen molar-refractivity contribution in [2.45, 2.75) is 0 Å². The first kappa shape index (κ1) is 8.78. The molecular weight excluding hydrogens is 253 g/mol. The SMILES string of the molecule is Clc1onc(-c2ccccc2)c1Br. The van der Waals surface area contributed by atoms with Crippen LogP contribution in [0.25, 0.3) is 11.3 Å². The van der Waals surface area contributed by atoms with E-state index in [0.29, 0.717) is 4.47 Å². The van der Waals surface area contributed by atoms with E-state index in [4.69, 9.17) is 16.1 Å². The molecule has 66 valence electrons. The van der Waals surface area contributed by atoms with Crippen molar-refractivity contribution in [3.63, 3.8) is 0 Å². The molecule has 0 N–H and O–H groups in total. The zero-order chi connectivity index (χ0) is 9.26. The normalized spacial score (nSPS) is 10.3. The Morgan fingerprint density at radius 3 is 2.46 bits per heavy atom. The summed E-state index contributed by atoms with van der Waals surface area (Å²) in [7, 11) is 0. The maximum Gasteiger partial charge on any atom is 0.240 e. The maximum absolute atomic E-state index is 5.70. The molecule has 0 spiro atoms. The van der Waals surface area contributed by atoms with Gasteiger partial charge < -0.3 is 4.52 Å². The summed E-state index contributed by atoms with van der Waals surface area (Å²) >= 11 is 9.00. The zero-order valence-corrected chi connectivity index (χ0v) is 8.84. The van der Waals surface area contributed by atoms with Gasteiger partial charge in [0, 0.05) is 5.56 Å². The van der Waals surface area contributed by atoms with Crippen LogP contribution in [0.1, 0.15) is 0 Å². The van der Waals surface area contributed by atoms with Gasteiger partial charge in [-0.1, -0.05) is 35.5 Å². The number of hydrogen-bond acceptors (Lipinski definition) is 2. The summed E-state index contributed by atoms with van der Waals surface area (Å²) in [5.41, 5.74) is 1.70. The summed E-state index contributed by atoms with van der Waals surface area (Å²) < 4.78 is 5.51. The van der Waals surface area contributed by atoms with Crippen molar-refractivity contribution >= 4 is 27.5 Å². The number of hydrogen-bond donors (Lipinski definition) is 0. The molecule has 0 atom stereocenters. The largest absolute Gasteiger partial charge is 0.343 e. The van der Waals surface area contributed by atoms with Crippen molar-refractivity contribution in [2.75, 3.05) is 0 Å². The third kappa shape index (κ3) is 1.62. The number of halogens is 2. The lowest BCUT2D eigenvalue weighted by Crippen LogP contribution is -1.75. The fraction of sp³-hybridized carbons (Fsp3) is 0. The topological polar surface area (TPSA) is 26.0 Å².